The maximum Gasteiger partial charge on any atom is 0.0952 e. The zero-order valence-corrected chi connectivity index (χ0v) is 15.9. The van der Waals surface area contributed by atoms with Crippen LogP contribution in [0.3, 0.4) is 0 Å². The van der Waals surface area contributed by atoms with Crippen LogP contribution in [0.25, 0.3) is 11.1 Å². The van der Waals surface area contributed by atoms with Crippen molar-refractivity contribution in [1.29, 1.82) is 0 Å². The zero-order chi connectivity index (χ0) is 17.8. The highest BCUT2D eigenvalue weighted by Crippen LogP contribution is 2.49. The Morgan fingerprint density at radius 2 is 1.04 bits per heavy atom. The van der Waals surface area contributed by atoms with Crippen molar-refractivity contribution >= 4 is 0 Å². The van der Waals surface area contributed by atoms with Gasteiger partial charge in [-0.1, -0.05) is 93.1 Å². The smallest absolute Gasteiger partial charge is 0.0952 e. The van der Waals surface area contributed by atoms with Crippen LogP contribution in [-0.2, 0) is 5.60 Å². The fourth-order valence-electron chi connectivity index (χ4n) is 5.45. The molecule has 2 fully saturated rings. The first-order valence-electron chi connectivity index (χ1n) is 10.7. The third-order valence-corrected chi connectivity index (χ3v) is 6.91. The van der Waals surface area contributed by atoms with Crippen LogP contribution in [0.5, 0.6) is 0 Å². The molecule has 0 saturated heterocycles. The van der Waals surface area contributed by atoms with Gasteiger partial charge in [-0.05, 0) is 54.2 Å². The van der Waals surface area contributed by atoms with Gasteiger partial charge in [-0.15, -0.1) is 0 Å². The monoisotopic (exact) mass is 348 g/mol. The van der Waals surface area contributed by atoms with Crippen molar-refractivity contribution in [3.63, 3.8) is 0 Å². The van der Waals surface area contributed by atoms with Crippen molar-refractivity contribution < 1.29 is 5.11 Å². The van der Waals surface area contributed by atoms with E-state index in [-0.39, 0.29) is 0 Å². The van der Waals surface area contributed by atoms with Gasteiger partial charge in [-0.3, -0.25) is 0 Å². The van der Waals surface area contributed by atoms with E-state index in [0.29, 0.717) is 11.8 Å². The van der Waals surface area contributed by atoms with Gasteiger partial charge in [-0.2, -0.15) is 0 Å². The van der Waals surface area contributed by atoms with Gasteiger partial charge in [0.1, 0.15) is 0 Å². The standard InChI is InChI=1S/C25H32O/c26-25(22-12-6-2-7-13-22,23-14-8-3-9-15-23)24-18-16-21(17-19-24)20-10-4-1-5-11-20/h1,4-5,10-11,16-19,22-23,26H,2-3,6-9,12-15H2. The summed E-state index contributed by atoms with van der Waals surface area (Å²) in [6.45, 7) is 0. The Hall–Kier alpha value is -1.60. The van der Waals surface area contributed by atoms with Gasteiger partial charge in [0.25, 0.3) is 0 Å². The van der Waals surface area contributed by atoms with Gasteiger partial charge < -0.3 is 5.11 Å². The zero-order valence-electron chi connectivity index (χ0n) is 15.9. The molecule has 0 atom stereocenters. The molecule has 1 nitrogen and oxygen atoms in total. The molecule has 0 bridgehead atoms. The topological polar surface area (TPSA) is 20.2 Å². The molecule has 2 aliphatic rings. The summed E-state index contributed by atoms with van der Waals surface area (Å²) in [5.41, 5.74) is 3.02. The molecular formula is C25H32O. The second-order valence-electron chi connectivity index (χ2n) is 8.44. The molecule has 0 amide bonds. The Morgan fingerprint density at radius 1 is 0.577 bits per heavy atom. The minimum atomic E-state index is -0.629. The van der Waals surface area contributed by atoms with Crippen LogP contribution in [0, 0.1) is 11.8 Å². The summed E-state index contributed by atoms with van der Waals surface area (Å²) in [5.74, 6) is 0.865. The Balaban J connectivity index is 1.66. The van der Waals surface area contributed by atoms with Crippen LogP contribution >= 0.6 is 0 Å². The largest absolute Gasteiger partial charge is 0.385 e. The van der Waals surface area contributed by atoms with Crippen molar-refractivity contribution in [3.8, 4) is 11.1 Å². The van der Waals surface area contributed by atoms with E-state index in [1.807, 2.05) is 0 Å². The molecular weight excluding hydrogens is 316 g/mol. The Labute approximate surface area is 158 Å². The molecule has 0 aliphatic heterocycles. The van der Waals surface area contributed by atoms with Gasteiger partial charge >= 0.3 is 0 Å². The number of benzene rings is 2. The first-order chi connectivity index (χ1) is 12.8. The summed E-state index contributed by atoms with van der Waals surface area (Å²) >= 11 is 0. The molecule has 4 rings (SSSR count). The van der Waals surface area contributed by atoms with Crippen molar-refractivity contribution in [1.82, 2.24) is 0 Å². The summed E-state index contributed by atoms with van der Waals surface area (Å²) in [6, 6.07) is 19.4. The van der Waals surface area contributed by atoms with E-state index < -0.39 is 5.60 Å². The molecule has 26 heavy (non-hydrogen) atoms. The summed E-state index contributed by atoms with van der Waals surface area (Å²) in [4.78, 5) is 0. The van der Waals surface area contributed by atoms with Crippen molar-refractivity contribution in [2.45, 2.75) is 69.8 Å². The number of hydrogen-bond acceptors (Lipinski definition) is 1. The number of aliphatic hydroxyl groups is 1. The van der Waals surface area contributed by atoms with Gasteiger partial charge in [0.2, 0.25) is 0 Å². The van der Waals surface area contributed by atoms with Crippen molar-refractivity contribution in [3.05, 3.63) is 60.2 Å². The third kappa shape index (κ3) is 3.47. The van der Waals surface area contributed by atoms with Crippen LogP contribution in [0.2, 0.25) is 0 Å². The Morgan fingerprint density at radius 3 is 1.54 bits per heavy atom. The molecule has 2 aromatic carbocycles. The molecule has 1 N–H and O–H groups in total. The molecule has 0 unspecified atom stereocenters. The fourth-order valence-corrected chi connectivity index (χ4v) is 5.45. The fraction of sp³-hybridized carbons (Fsp3) is 0.520. The number of hydrogen-bond donors (Lipinski definition) is 1. The maximum absolute atomic E-state index is 12.1. The Kier molecular flexibility index (Phi) is 5.45. The molecule has 0 heterocycles. The first kappa shape index (κ1) is 17.8. The Bertz CT molecular complexity index is 658. The summed E-state index contributed by atoms with van der Waals surface area (Å²) < 4.78 is 0. The van der Waals surface area contributed by atoms with Gasteiger partial charge in [0, 0.05) is 0 Å². The first-order valence-corrected chi connectivity index (χ1v) is 10.7. The molecule has 2 saturated carbocycles. The van der Waals surface area contributed by atoms with Crippen LogP contribution < -0.4 is 0 Å². The lowest BCUT2D eigenvalue weighted by Gasteiger charge is -2.46. The summed E-state index contributed by atoms with van der Waals surface area (Å²) in [6.07, 6.45) is 12.5. The van der Waals surface area contributed by atoms with E-state index in [1.54, 1.807) is 0 Å². The molecule has 0 aromatic heterocycles. The van der Waals surface area contributed by atoms with Crippen LogP contribution in [0.15, 0.2) is 54.6 Å². The van der Waals surface area contributed by atoms with Crippen LogP contribution in [-0.4, -0.2) is 5.11 Å². The average Bonchev–Trinajstić information content (AvgIpc) is 2.75. The molecule has 138 valence electrons. The lowest BCUT2D eigenvalue weighted by atomic mass is 9.63. The summed E-state index contributed by atoms with van der Waals surface area (Å²) in [5, 5.41) is 12.1. The lowest BCUT2D eigenvalue weighted by Crippen LogP contribution is -2.44. The van der Waals surface area contributed by atoms with Crippen LogP contribution in [0.4, 0.5) is 0 Å². The second kappa shape index (κ2) is 7.96. The summed E-state index contributed by atoms with van der Waals surface area (Å²) in [7, 11) is 0. The lowest BCUT2D eigenvalue weighted by molar-refractivity contribution is -0.0989. The van der Waals surface area contributed by atoms with E-state index in [9.17, 15) is 5.11 Å². The van der Waals surface area contributed by atoms with E-state index in [4.69, 9.17) is 0 Å². The third-order valence-electron chi connectivity index (χ3n) is 6.91. The van der Waals surface area contributed by atoms with Gasteiger partial charge in [-0.25, -0.2) is 0 Å². The SMILES string of the molecule is OC(c1ccc(-c2ccccc2)cc1)(C1CCCCC1)C1CCCCC1. The highest BCUT2D eigenvalue weighted by Gasteiger charge is 2.45. The number of rotatable bonds is 4. The predicted molar refractivity (Wildman–Crippen MR) is 109 cm³/mol. The molecule has 1 heteroatoms. The molecule has 0 spiro atoms. The van der Waals surface area contributed by atoms with E-state index in [2.05, 4.69) is 54.6 Å². The minimum absolute atomic E-state index is 0.432. The predicted octanol–water partition coefficient (Wildman–Crippen LogP) is 6.70. The van der Waals surface area contributed by atoms with Gasteiger partial charge in [0.15, 0.2) is 0 Å². The highest BCUT2D eigenvalue weighted by atomic mass is 16.3. The van der Waals surface area contributed by atoms with E-state index >= 15 is 0 Å². The van der Waals surface area contributed by atoms with E-state index in [0.717, 1.165) is 5.56 Å². The maximum atomic E-state index is 12.1. The molecule has 2 aromatic rings. The van der Waals surface area contributed by atoms with Crippen molar-refractivity contribution in [2.24, 2.45) is 11.8 Å². The quantitative estimate of drug-likeness (QED) is 0.651. The average molecular weight is 349 g/mol. The van der Waals surface area contributed by atoms with Crippen LogP contribution in [0.1, 0.15) is 69.8 Å². The normalized spacial score (nSPS) is 20.2. The molecule has 2 aliphatic carbocycles. The highest BCUT2D eigenvalue weighted by molar-refractivity contribution is 5.63. The minimum Gasteiger partial charge on any atom is -0.385 e. The van der Waals surface area contributed by atoms with E-state index in [1.165, 1.54) is 75.3 Å². The molecule has 0 radical (unpaired) electrons. The van der Waals surface area contributed by atoms with Crippen molar-refractivity contribution in [2.75, 3.05) is 0 Å². The van der Waals surface area contributed by atoms with Gasteiger partial charge in [0.05, 0.1) is 5.60 Å². The second-order valence-corrected chi connectivity index (χ2v) is 8.44.